The number of carbonyl (C=O) groups is 1. The fraction of sp³-hybridized carbons (Fsp3) is 0.889. The Kier molecular flexibility index (Phi) is 8.73. The van der Waals surface area contributed by atoms with E-state index in [1.54, 1.807) is 7.11 Å². The van der Waals surface area contributed by atoms with Gasteiger partial charge in [-0.2, -0.15) is 0 Å². The first-order valence-electron chi connectivity index (χ1n) is 5.50. The van der Waals surface area contributed by atoms with Crippen molar-refractivity contribution >= 4 is 22.3 Å². The molecule has 0 aromatic rings. The number of hydrogen-bond donors (Lipinski definition) is 3. The molecule has 17 heavy (non-hydrogen) atoms. The maximum Gasteiger partial charge on any atom is 0.312 e. The Hall–Kier alpha value is -0.195. The molecule has 0 saturated heterocycles. The van der Waals surface area contributed by atoms with E-state index in [0.29, 0.717) is 5.92 Å². The van der Waals surface area contributed by atoms with Crippen molar-refractivity contribution in [3.05, 3.63) is 0 Å². The van der Waals surface area contributed by atoms with Gasteiger partial charge in [-0.1, -0.05) is 13.8 Å². The van der Waals surface area contributed by atoms with E-state index >= 15 is 0 Å². The van der Waals surface area contributed by atoms with Crippen molar-refractivity contribution in [1.29, 1.82) is 0 Å². The average molecular weight is 265 g/mol. The van der Waals surface area contributed by atoms with Crippen LogP contribution in [0.25, 0.3) is 0 Å². The van der Waals surface area contributed by atoms with Crippen molar-refractivity contribution in [3.63, 3.8) is 0 Å². The molecule has 100 valence electrons. The largest absolute Gasteiger partial charge is 0.481 e. The van der Waals surface area contributed by atoms with E-state index < -0.39 is 20.4 Å². The van der Waals surface area contributed by atoms with Gasteiger partial charge in [-0.25, -0.2) is 5.09 Å². The molecule has 0 fully saturated rings. The second-order valence-electron chi connectivity index (χ2n) is 4.24. The highest BCUT2D eigenvalue weighted by molar-refractivity contribution is 7.44. The molecule has 3 N–H and O–H groups in total. The summed E-state index contributed by atoms with van der Waals surface area (Å²) in [6, 6.07) is 0. The normalized spacial score (nSPS) is 16.8. The number of rotatable bonds is 9. The number of hydrogen-bond acceptors (Lipinski definition) is 5. The molecule has 0 spiro atoms. The van der Waals surface area contributed by atoms with E-state index in [1.165, 1.54) is 7.85 Å². The van der Waals surface area contributed by atoms with Gasteiger partial charge < -0.3 is 19.3 Å². The number of methoxy groups -OCH3 is 1. The molecule has 0 radical (unpaired) electrons. The first kappa shape index (κ1) is 16.8. The zero-order valence-electron chi connectivity index (χ0n) is 10.7. The van der Waals surface area contributed by atoms with Gasteiger partial charge in [-0.3, -0.25) is 4.79 Å². The van der Waals surface area contributed by atoms with Crippen LogP contribution in [0.2, 0.25) is 0 Å². The molecule has 3 atom stereocenters. The van der Waals surface area contributed by atoms with Crippen LogP contribution in [-0.2, 0) is 14.1 Å². The zero-order valence-corrected chi connectivity index (χ0v) is 11.6. The minimum absolute atomic E-state index is 0.0888. The standard InChI is InChI=1S/C9H21BNO5P/c1-6(2)4-7(15-3)5-16-17(14)11-8(10)9(12)13/h6-8,11,14H,4-5,10H2,1-3H3,(H,12,13). The molecule has 6 nitrogen and oxygen atoms in total. The summed E-state index contributed by atoms with van der Waals surface area (Å²) in [7, 11) is 1.10. The molecule has 0 aliphatic heterocycles. The summed E-state index contributed by atoms with van der Waals surface area (Å²) < 4.78 is 10.3. The van der Waals surface area contributed by atoms with Crippen molar-refractivity contribution in [2.75, 3.05) is 13.7 Å². The number of carboxylic acids is 1. The molecular weight excluding hydrogens is 244 g/mol. The fourth-order valence-corrected chi connectivity index (χ4v) is 1.99. The molecule has 0 aromatic heterocycles. The molecule has 0 rings (SSSR count). The monoisotopic (exact) mass is 265 g/mol. The molecule has 3 unspecified atom stereocenters. The van der Waals surface area contributed by atoms with Gasteiger partial charge in [0.25, 0.3) is 8.53 Å². The van der Waals surface area contributed by atoms with Crippen molar-refractivity contribution < 1.29 is 24.1 Å². The summed E-state index contributed by atoms with van der Waals surface area (Å²) >= 11 is 0. The quantitative estimate of drug-likeness (QED) is 0.399. The Balaban J connectivity index is 3.88. The van der Waals surface area contributed by atoms with Crippen molar-refractivity contribution in [3.8, 4) is 0 Å². The molecule has 0 saturated carbocycles. The van der Waals surface area contributed by atoms with Crippen LogP contribution in [0.15, 0.2) is 0 Å². The van der Waals surface area contributed by atoms with E-state index in [2.05, 4.69) is 18.9 Å². The second kappa shape index (κ2) is 8.83. The topological polar surface area (TPSA) is 88.0 Å². The molecule has 0 bridgehead atoms. The maximum absolute atomic E-state index is 10.5. The first-order chi connectivity index (χ1) is 7.86. The number of nitrogens with one attached hydrogen (secondary N) is 1. The SMILES string of the molecule is BC(NP(O)OCC(CC(C)C)OC)C(=O)O. The Morgan fingerprint density at radius 3 is 2.53 bits per heavy atom. The predicted molar refractivity (Wildman–Crippen MR) is 68.4 cm³/mol. The van der Waals surface area contributed by atoms with E-state index in [0.717, 1.165) is 6.42 Å². The molecule has 0 aliphatic carbocycles. The van der Waals surface area contributed by atoms with Crippen molar-refractivity contribution in [2.45, 2.75) is 32.3 Å². The lowest BCUT2D eigenvalue weighted by Gasteiger charge is -2.20. The molecule has 0 aromatic carbocycles. The minimum atomic E-state index is -1.93. The second-order valence-corrected chi connectivity index (χ2v) is 5.31. The summed E-state index contributed by atoms with van der Waals surface area (Å²) in [5, 5.41) is 11.1. The molecule has 0 heterocycles. The van der Waals surface area contributed by atoms with Crippen LogP contribution in [0.3, 0.4) is 0 Å². The van der Waals surface area contributed by atoms with Crippen LogP contribution >= 0.6 is 8.53 Å². The highest BCUT2D eigenvalue weighted by Gasteiger charge is 2.18. The Morgan fingerprint density at radius 1 is 1.53 bits per heavy atom. The summed E-state index contributed by atoms with van der Waals surface area (Å²) in [5.41, 5.74) is 0. The van der Waals surface area contributed by atoms with E-state index in [9.17, 15) is 9.69 Å². The van der Waals surface area contributed by atoms with Crippen molar-refractivity contribution in [1.82, 2.24) is 5.09 Å². The molecule has 0 aliphatic rings. The molecular formula is C9H21BNO5P. The van der Waals surface area contributed by atoms with Crippen LogP contribution in [0, 0.1) is 5.92 Å². The van der Waals surface area contributed by atoms with Crippen LogP contribution in [0.4, 0.5) is 0 Å². The van der Waals surface area contributed by atoms with Gasteiger partial charge in [0.2, 0.25) is 0 Å². The first-order valence-corrected chi connectivity index (χ1v) is 6.71. The van der Waals surface area contributed by atoms with E-state index in [-0.39, 0.29) is 12.7 Å². The Labute approximate surface area is 104 Å². The van der Waals surface area contributed by atoms with Gasteiger partial charge in [-0.15, -0.1) is 0 Å². The van der Waals surface area contributed by atoms with Gasteiger partial charge in [0.15, 0.2) is 0 Å². The average Bonchev–Trinajstić information content (AvgIpc) is 2.23. The van der Waals surface area contributed by atoms with Crippen LogP contribution in [-0.4, -0.2) is 49.6 Å². The zero-order chi connectivity index (χ0) is 13.4. The summed E-state index contributed by atoms with van der Waals surface area (Å²) in [6.07, 6.45) is 0.739. The lowest BCUT2D eigenvalue weighted by Crippen LogP contribution is -2.34. The van der Waals surface area contributed by atoms with Crippen LogP contribution in [0.5, 0.6) is 0 Å². The van der Waals surface area contributed by atoms with Gasteiger partial charge in [-0.05, 0) is 12.3 Å². The highest BCUT2D eigenvalue weighted by Crippen LogP contribution is 2.27. The maximum atomic E-state index is 10.5. The lowest BCUT2D eigenvalue weighted by molar-refractivity contribution is -0.136. The van der Waals surface area contributed by atoms with Crippen LogP contribution in [0.1, 0.15) is 20.3 Å². The van der Waals surface area contributed by atoms with Gasteiger partial charge in [0.05, 0.1) is 18.7 Å². The summed E-state index contributed by atoms with van der Waals surface area (Å²) in [5.74, 6) is -1.39. The third-order valence-corrected chi connectivity index (χ3v) is 3.13. The Bertz CT molecular complexity index is 231. The van der Waals surface area contributed by atoms with Crippen molar-refractivity contribution in [2.24, 2.45) is 5.92 Å². The third-order valence-electron chi connectivity index (χ3n) is 2.12. The van der Waals surface area contributed by atoms with Gasteiger partial charge in [0, 0.05) is 7.11 Å². The lowest BCUT2D eigenvalue weighted by atomic mass is 9.99. The van der Waals surface area contributed by atoms with E-state index in [1.807, 2.05) is 0 Å². The Morgan fingerprint density at radius 2 is 2.12 bits per heavy atom. The van der Waals surface area contributed by atoms with Gasteiger partial charge in [0.1, 0.15) is 7.85 Å². The molecule has 8 heteroatoms. The number of ether oxygens (including phenoxy) is 1. The minimum Gasteiger partial charge on any atom is -0.481 e. The summed E-state index contributed by atoms with van der Waals surface area (Å²) in [4.78, 5) is 20.0. The highest BCUT2D eigenvalue weighted by atomic mass is 31.2. The third kappa shape index (κ3) is 8.52. The number of carboxylic acid groups (broad SMARTS) is 1. The predicted octanol–water partition coefficient (Wildman–Crippen LogP) is -0.0833. The smallest absolute Gasteiger partial charge is 0.312 e. The number of aliphatic carboxylic acids is 1. The summed E-state index contributed by atoms with van der Waals surface area (Å²) in [6.45, 7) is 4.38. The van der Waals surface area contributed by atoms with E-state index in [4.69, 9.17) is 14.4 Å². The van der Waals surface area contributed by atoms with Gasteiger partial charge >= 0.3 is 5.97 Å². The molecule has 0 amide bonds. The fourth-order valence-electron chi connectivity index (χ4n) is 1.17. The van der Waals surface area contributed by atoms with Crippen LogP contribution < -0.4 is 5.09 Å².